The number of aromatic nitrogens is 1. The number of nitrogens with one attached hydrogen (secondary N) is 2. The van der Waals surface area contributed by atoms with Crippen LogP contribution in [-0.2, 0) is 28.9 Å². The van der Waals surface area contributed by atoms with Gasteiger partial charge in [0, 0.05) is 29.0 Å². The molecule has 0 aliphatic heterocycles. The second kappa shape index (κ2) is 14.1. The van der Waals surface area contributed by atoms with Gasteiger partial charge in [0.25, 0.3) is 5.56 Å². The minimum atomic E-state index is -1.13. The first-order valence-corrected chi connectivity index (χ1v) is 14.0. The molecule has 4 rings (SSSR count). The van der Waals surface area contributed by atoms with Crippen LogP contribution in [0.2, 0.25) is 5.02 Å². The van der Waals surface area contributed by atoms with E-state index < -0.39 is 30.0 Å². The Bertz CT molecular complexity index is 1510. The first-order chi connectivity index (χ1) is 20.2. The van der Waals surface area contributed by atoms with Crippen LogP contribution in [0.5, 0.6) is 17.2 Å². The van der Waals surface area contributed by atoms with Gasteiger partial charge in [-0.2, -0.15) is 0 Å². The molecule has 2 aromatic carbocycles. The van der Waals surface area contributed by atoms with Gasteiger partial charge in [-0.05, 0) is 56.0 Å². The Kier molecular flexibility index (Phi) is 10.3. The van der Waals surface area contributed by atoms with Crippen LogP contribution in [0.4, 0.5) is 10.5 Å². The van der Waals surface area contributed by atoms with Gasteiger partial charge in [0.1, 0.15) is 23.9 Å². The monoisotopic (exact) mass is 599 g/mol. The maximum atomic E-state index is 13.8. The summed E-state index contributed by atoms with van der Waals surface area (Å²) in [5.74, 6) is -0.419. The molecule has 2 amide bonds. The van der Waals surface area contributed by atoms with Crippen LogP contribution >= 0.6 is 11.6 Å². The van der Waals surface area contributed by atoms with Crippen LogP contribution in [0.25, 0.3) is 0 Å². The number of rotatable bonds is 13. The number of halogens is 1. The first-order valence-electron chi connectivity index (χ1n) is 13.6. The Hall–Kier alpha value is -4.22. The van der Waals surface area contributed by atoms with Gasteiger partial charge in [0.15, 0.2) is 5.69 Å². The number of carbonyl (C=O) groups is 2. The van der Waals surface area contributed by atoms with Crippen molar-refractivity contribution in [3.8, 4) is 17.2 Å². The predicted octanol–water partition coefficient (Wildman–Crippen LogP) is 4.51. The zero-order valence-electron chi connectivity index (χ0n) is 23.4. The van der Waals surface area contributed by atoms with Gasteiger partial charge in [-0.3, -0.25) is 9.59 Å². The van der Waals surface area contributed by atoms with Crippen molar-refractivity contribution in [3.05, 3.63) is 80.2 Å². The Morgan fingerprint density at radius 2 is 1.90 bits per heavy atom. The third kappa shape index (κ3) is 7.15. The van der Waals surface area contributed by atoms with E-state index in [1.54, 1.807) is 49.6 Å². The number of carbonyl (C=O) groups excluding carboxylic acids is 1. The number of nitrogens with zero attached hydrogens (tertiary/aromatic N) is 1. The largest absolute Gasteiger partial charge is 0.505 e. The predicted molar refractivity (Wildman–Crippen MR) is 157 cm³/mol. The number of aromatic hydroxyl groups is 1. The van der Waals surface area contributed by atoms with E-state index in [1.807, 2.05) is 6.92 Å². The molecule has 4 N–H and O–H groups in total. The van der Waals surface area contributed by atoms with Crippen LogP contribution in [0, 0.1) is 0 Å². The summed E-state index contributed by atoms with van der Waals surface area (Å²) in [6, 6.07) is 10.1. The van der Waals surface area contributed by atoms with Crippen molar-refractivity contribution in [1.82, 2.24) is 9.88 Å². The average Bonchev–Trinajstić information content (AvgIpc) is 3.45. The second-order valence-corrected chi connectivity index (χ2v) is 10.1. The van der Waals surface area contributed by atoms with Crippen molar-refractivity contribution < 1.29 is 34.0 Å². The van der Waals surface area contributed by atoms with E-state index in [1.165, 1.54) is 4.57 Å². The molecule has 11 nitrogen and oxygen atoms in total. The molecular weight excluding hydrogens is 566 g/mol. The van der Waals surface area contributed by atoms with E-state index in [0.717, 1.165) is 0 Å². The number of amides is 2. The van der Waals surface area contributed by atoms with Gasteiger partial charge in [-0.1, -0.05) is 29.8 Å². The lowest BCUT2D eigenvalue weighted by molar-refractivity contribution is -0.137. The molecule has 0 saturated heterocycles. The van der Waals surface area contributed by atoms with Crippen LogP contribution in [-0.4, -0.2) is 53.7 Å². The van der Waals surface area contributed by atoms with Crippen LogP contribution in [0.1, 0.15) is 48.2 Å². The molecule has 0 radical (unpaired) electrons. The van der Waals surface area contributed by atoms with Gasteiger partial charge in [0.2, 0.25) is 0 Å². The summed E-state index contributed by atoms with van der Waals surface area (Å²) in [5.41, 5.74) is 1.36. The number of anilines is 1. The highest BCUT2D eigenvalue weighted by Gasteiger charge is 2.28. The summed E-state index contributed by atoms with van der Waals surface area (Å²) in [5, 5.41) is 26.0. The highest BCUT2D eigenvalue weighted by atomic mass is 35.5. The summed E-state index contributed by atoms with van der Waals surface area (Å²) >= 11 is 6.53. The number of ether oxygens (including phenoxy) is 3. The van der Waals surface area contributed by atoms with Gasteiger partial charge in [0.05, 0.1) is 32.2 Å². The zero-order valence-corrected chi connectivity index (χ0v) is 24.2. The maximum Gasteiger partial charge on any atom is 0.319 e. The van der Waals surface area contributed by atoms with E-state index in [2.05, 4.69) is 10.6 Å². The molecule has 0 spiro atoms. The quantitative estimate of drug-likeness (QED) is 0.210. The molecule has 3 aromatic rings. The summed E-state index contributed by atoms with van der Waals surface area (Å²) in [4.78, 5) is 38.5. The molecule has 12 heteroatoms. The molecule has 0 bridgehead atoms. The van der Waals surface area contributed by atoms with Crippen LogP contribution in [0.15, 0.2) is 47.3 Å². The highest BCUT2D eigenvalue weighted by Crippen LogP contribution is 2.35. The number of aliphatic carboxylic acids is 1. The van der Waals surface area contributed by atoms with Gasteiger partial charge in [-0.15, -0.1) is 0 Å². The topological polar surface area (TPSA) is 148 Å². The summed E-state index contributed by atoms with van der Waals surface area (Å²) in [6.45, 7) is 2.93. The SMILES string of the molecule is CCOc1cccc([C@H](CC(=O)O)NC(=O)Nc2c(O)c3c(n(Cc4c(Cl)cccc4OCCOC)c2=O)CCC3)c1. The van der Waals surface area contributed by atoms with Crippen LogP contribution in [0.3, 0.4) is 0 Å². The maximum absolute atomic E-state index is 13.8. The molecular formula is C30H34ClN3O8. The van der Waals surface area contributed by atoms with Gasteiger partial charge in [-0.25, -0.2) is 4.79 Å². The Balaban J connectivity index is 1.65. The fourth-order valence-electron chi connectivity index (χ4n) is 5.01. The number of carboxylic acid groups (broad SMARTS) is 1. The molecule has 1 heterocycles. The van der Waals surface area contributed by atoms with E-state index in [0.29, 0.717) is 71.4 Å². The number of hydrogen-bond donors (Lipinski definition) is 4. The molecule has 1 aliphatic rings. The molecule has 224 valence electrons. The third-order valence-corrected chi connectivity index (χ3v) is 7.28. The van der Waals surface area contributed by atoms with Gasteiger partial charge < -0.3 is 39.6 Å². The number of carboxylic acids is 1. The molecule has 0 saturated carbocycles. The van der Waals surface area contributed by atoms with Crippen LogP contribution < -0.4 is 25.7 Å². The summed E-state index contributed by atoms with van der Waals surface area (Å²) in [7, 11) is 1.56. The lowest BCUT2D eigenvalue weighted by Crippen LogP contribution is -2.37. The number of fused-ring (bicyclic) bond motifs is 1. The molecule has 1 aliphatic carbocycles. The smallest absolute Gasteiger partial charge is 0.319 e. The first kappa shape index (κ1) is 30.7. The van der Waals surface area contributed by atoms with Crippen molar-refractivity contribution in [2.75, 3.05) is 32.2 Å². The van der Waals surface area contributed by atoms with E-state index in [9.17, 15) is 24.6 Å². The summed E-state index contributed by atoms with van der Waals surface area (Å²) in [6.07, 6.45) is 1.38. The normalized spacial score (nSPS) is 12.8. The Morgan fingerprint density at radius 3 is 2.64 bits per heavy atom. The lowest BCUT2D eigenvalue weighted by Gasteiger charge is -2.21. The van der Waals surface area contributed by atoms with Crippen molar-refractivity contribution in [2.45, 2.75) is 45.2 Å². The van der Waals surface area contributed by atoms with Crippen molar-refractivity contribution in [1.29, 1.82) is 0 Å². The van der Waals surface area contributed by atoms with Gasteiger partial charge >= 0.3 is 12.0 Å². The lowest BCUT2D eigenvalue weighted by atomic mass is 10.0. The fraction of sp³-hybridized carbons (Fsp3) is 0.367. The standard InChI is InChI=1S/C30H34ClN3O8/c1-3-41-19-8-4-7-18(15-19)23(16-26(35)36)32-30(39)33-27-28(37)20-9-5-11-24(20)34(29(27)38)17-21-22(31)10-6-12-25(21)42-14-13-40-2/h4,6-8,10,12,15,23,37H,3,5,9,11,13-14,16-17H2,1-2H3,(H,35,36)(H2,32,33,39)/t23-/m0/s1. The van der Waals surface area contributed by atoms with E-state index >= 15 is 0 Å². The molecule has 1 aromatic heterocycles. The second-order valence-electron chi connectivity index (χ2n) is 9.71. The van der Waals surface area contributed by atoms with E-state index in [4.69, 9.17) is 25.8 Å². The number of urea groups is 1. The third-order valence-electron chi connectivity index (χ3n) is 6.93. The Morgan fingerprint density at radius 1 is 1.12 bits per heavy atom. The molecule has 0 fully saturated rings. The van der Waals surface area contributed by atoms with E-state index in [-0.39, 0.29) is 24.6 Å². The molecule has 1 atom stereocenters. The van der Waals surface area contributed by atoms with Crippen molar-refractivity contribution in [2.24, 2.45) is 0 Å². The van der Waals surface area contributed by atoms with Crippen molar-refractivity contribution in [3.63, 3.8) is 0 Å². The number of benzene rings is 2. The average molecular weight is 600 g/mol. The number of methoxy groups -OCH3 is 1. The summed E-state index contributed by atoms with van der Waals surface area (Å²) < 4.78 is 17.9. The Labute approximate surface area is 248 Å². The fourth-order valence-corrected chi connectivity index (χ4v) is 5.24. The minimum absolute atomic E-state index is 0.0472. The zero-order chi connectivity index (χ0) is 30.2. The van der Waals surface area contributed by atoms with Crippen molar-refractivity contribution >= 4 is 29.3 Å². The number of pyridine rings is 1. The molecule has 42 heavy (non-hydrogen) atoms. The minimum Gasteiger partial charge on any atom is -0.505 e. The highest BCUT2D eigenvalue weighted by molar-refractivity contribution is 6.31. The number of hydrogen-bond acceptors (Lipinski definition) is 7. The molecule has 0 unspecified atom stereocenters.